The van der Waals surface area contributed by atoms with Crippen LogP contribution in [0.1, 0.15) is 32.1 Å². The molecule has 1 N–H and O–H groups in total. The van der Waals surface area contributed by atoms with Gasteiger partial charge in [-0.1, -0.05) is 0 Å². The zero-order valence-electron chi connectivity index (χ0n) is 9.67. The topological polar surface area (TPSA) is 66.8 Å². The number of rotatable bonds is 2. The number of carboxylic acid groups (broad SMARTS) is 1. The quantitative estimate of drug-likeness (QED) is 0.767. The van der Waals surface area contributed by atoms with Gasteiger partial charge in [0.25, 0.3) is 0 Å². The van der Waals surface area contributed by atoms with Crippen molar-refractivity contribution < 1.29 is 19.4 Å². The van der Waals surface area contributed by atoms with Gasteiger partial charge in [0, 0.05) is 6.54 Å². The summed E-state index contributed by atoms with van der Waals surface area (Å²) in [5.41, 5.74) is 0. The van der Waals surface area contributed by atoms with Crippen LogP contribution in [0.15, 0.2) is 0 Å². The summed E-state index contributed by atoms with van der Waals surface area (Å²) in [6.07, 6.45) is 4.45. The summed E-state index contributed by atoms with van der Waals surface area (Å²) in [6.45, 7) is 0.587. The number of carbonyl (C=O) groups excluding carboxylic acids is 1. The Morgan fingerprint density at radius 3 is 2.65 bits per heavy atom. The van der Waals surface area contributed by atoms with Crippen LogP contribution in [-0.2, 0) is 14.3 Å². The molecule has 5 heteroatoms. The highest BCUT2D eigenvalue weighted by molar-refractivity contribution is 5.86. The maximum absolute atomic E-state index is 12.3. The van der Waals surface area contributed by atoms with Crippen LogP contribution in [0.2, 0.25) is 0 Å². The smallest absolute Gasteiger partial charge is 0.326 e. The van der Waals surface area contributed by atoms with Crippen molar-refractivity contribution in [3.63, 3.8) is 0 Å². The van der Waals surface area contributed by atoms with Crippen molar-refractivity contribution in [1.29, 1.82) is 0 Å². The number of ether oxygens (including phenoxy) is 1. The van der Waals surface area contributed by atoms with E-state index in [4.69, 9.17) is 9.84 Å². The lowest BCUT2D eigenvalue weighted by atomic mass is 9.88. The summed E-state index contributed by atoms with van der Waals surface area (Å²) >= 11 is 0. The molecule has 2 bridgehead atoms. The molecular weight excluding hydrogens is 222 g/mol. The maximum atomic E-state index is 12.3. The van der Waals surface area contributed by atoms with Gasteiger partial charge in [-0.3, -0.25) is 4.79 Å². The third kappa shape index (κ3) is 1.73. The number of aliphatic carboxylic acids is 1. The van der Waals surface area contributed by atoms with E-state index in [1.807, 2.05) is 0 Å². The zero-order chi connectivity index (χ0) is 12.0. The van der Waals surface area contributed by atoms with Gasteiger partial charge in [0.05, 0.1) is 18.1 Å². The molecule has 3 aliphatic rings. The fourth-order valence-corrected chi connectivity index (χ4v) is 3.40. The molecule has 0 radical (unpaired) electrons. The minimum absolute atomic E-state index is 0.00194. The van der Waals surface area contributed by atoms with E-state index in [0.29, 0.717) is 13.0 Å². The van der Waals surface area contributed by atoms with Crippen molar-refractivity contribution in [3.8, 4) is 0 Å². The van der Waals surface area contributed by atoms with E-state index >= 15 is 0 Å². The molecule has 3 rings (SSSR count). The summed E-state index contributed by atoms with van der Waals surface area (Å²) in [5, 5.41) is 9.08. The largest absolute Gasteiger partial charge is 0.480 e. The lowest BCUT2D eigenvalue weighted by Crippen LogP contribution is -2.45. The van der Waals surface area contributed by atoms with Gasteiger partial charge in [-0.15, -0.1) is 0 Å². The fraction of sp³-hybridized carbons (Fsp3) is 0.833. The number of carbonyl (C=O) groups is 2. The minimum Gasteiger partial charge on any atom is -0.480 e. The molecule has 0 aromatic heterocycles. The predicted molar refractivity (Wildman–Crippen MR) is 58.4 cm³/mol. The van der Waals surface area contributed by atoms with E-state index in [2.05, 4.69) is 0 Å². The molecule has 3 fully saturated rings. The van der Waals surface area contributed by atoms with E-state index in [9.17, 15) is 9.59 Å². The number of fused-ring (bicyclic) bond motifs is 2. The number of amides is 1. The summed E-state index contributed by atoms with van der Waals surface area (Å²) in [6, 6.07) is -0.610. The molecule has 0 aromatic carbocycles. The number of nitrogens with zero attached hydrogens (tertiary/aromatic N) is 1. The Morgan fingerprint density at radius 1 is 1.24 bits per heavy atom. The van der Waals surface area contributed by atoms with E-state index < -0.39 is 12.0 Å². The van der Waals surface area contributed by atoms with E-state index in [1.54, 1.807) is 4.90 Å². The first-order chi connectivity index (χ1) is 8.16. The van der Waals surface area contributed by atoms with Gasteiger partial charge in [-0.05, 0) is 32.1 Å². The van der Waals surface area contributed by atoms with Crippen LogP contribution in [-0.4, -0.2) is 46.7 Å². The third-order valence-corrected chi connectivity index (χ3v) is 4.24. The molecule has 4 atom stereocenters. The molecule has 0 saturated carbocycles. The Bertz CT molecular complexity index is 356. The highest BCUT2D eigenvalue weighted by Crippen LogP contribution is 2.40. The molecule has 0 aromatic rings. The second-order valence-corrected chi connectivity index (χ2v) is 5.24. The SMILES string of the molecule is O=C(O)C1CCCN1C(=O)C1CC2CCC1O2. The van der Waals surface area contributed by atoms with Gasteiger partial charge < -0.3 is 14.7 Å². The average molecular weight is 239 g/mol. The van der Waals surface area contributed by atoms with Gasteiger partial charge in [-0.2, -0.15) is 0 Å². The molecule has 1 amide bonds. The number of hydrogen-bond donors (Lipinski definition) is 1. The normalized spacial score (nSPS) is 39.9. The maximum Gasteiger partial charge on any atom is 0.326 e. The molecule has 0 aliphatic carbocycles. The molecule has 3 heterocycles. The Balaban J connectivity index is 1.71. The molecule has 5 nitrogen and oxygen atoms in total. The molecule has 0 spiro atoms. The van der Waals surface area contributed by atoms with E-state index in [-0.39, 0.29) is 24.0 Å². The Kier molecular flexibility index (Phi) is 2.58. The van der Waals surface area contributed by atoms with E-state index in [1.165, 1.54) is 0 Å². The molecule has 4 unspecified atom stereocenters. The number of carboxylic acids is 1. The van der Waals surface area contributed by atoms with Crippen molar-refractivity contribution in [2.24, 2.45) is 5.92 Å². The van der Waals surface area contributed by atoms with Crippen LogP contribution in [0, 0.1) is 5.92 Å². The third-order valence-electron chi connectivity index (χ3n) is 4.24. The van der Waals surface area contributed by atoms with Crippen molar-refractivity contribution >= 4 is 11.9 Å². The van der Waals surface area contributed by atoms with Crippen LogP contribution >= 0.6 is 0 Å². The number of hydrogen-bond acceptors (Lipinski definition) is 3. The van der Waals surface area contributed by atoms with Crippen LogP contribution in [0.4, 0.5) is 0 Å². The highest BCUT2D eigenvalue weighted by atomic mass is 16.5. The average Bonchev–Trinajstić information content (AvgIpc) is 3.02. The Hall–Kier alpha value is -1.10. The summed E-state index contributed by atoms with van der Waals surface area (Å²) in [7, 11) is 0. The van der Waals surface area contributed by atoms with Gasteiger partial charge in [0.1, 0.15) is 6.04 Å². The van der Waals surface area contributed by atoms with Crippen molar-refractivity contribution in [1.82, 2.24) is 4.90 Å². The minimum atomic E-state index is -0.875. The van der Waals surface area contributed by atoms with Crippen LogP contribution in [0.25, 0.3) is 0 Å². The van der Waals surface area contributed by atoms with E-state index in [0.717, 1.165) is 25.7 Å². The lowest BCUT2D eigenvalue weighted by molar-refractivity contribution is -0.150. The lowest BCUT2D eigenvalue weighted by Gasteiger charge is -2.27. The van der Waals surface area contributed by atoms with Crippen molar-refractivity contribution in [2.75, 3.05) is 6.54 Å². The second-order valence-electron chi connectivity index (χ2n) is 5.24. The molecule has 94 valence electrons. The summed E-state index contributed by atoms with van der Waals surface area (Å²) in [5.74, 6) is -0.962. The highest BCUT2D eigenvalue weighted by Gasteiger charge is 2.48. The number of likely N-dealkylation sites (tertiary alicyclic amines) is 1. The molecule has 3 saturated heterocycles. The predicted octanol–water partition coefficient (Wildman–Crippen LogP) is 0.629. The van der Waals surface area contributed by atoms with Gasteiger partial charge in [0.2, 0.25) is 5.91 Å². The Morgan fingerprint density at radius 2 is 2.06 bits per heavy atom. The first-order valence-electron chi connectivity index (χ1n) is 6.35. The van der Waals surface area contributed by atoms with Crippen molar-refractivity contribution in [3.05, 3.63) is 0 Å². The molecule has 3 aliphatic heterocycles. The first kappa shape index (κ1) is 11.0. The second kappa shape index (κ2) is 3.98. The zero-order valence-corrected chi connectivity index (χ0v) is 9.67. The van der Waals surface area contributed by atoms with Crippen LogP contribution < -0.4 is 0 Å². The fourth-order valence-electron chi connectivity index (χ4n) is 3.40. The monoisotopic (exact) mass is 239 g/mol. The summed E-state index contributed by atoms with van der Waals surface area (Å²) < 4.78 is 5.67. The molecule has 17 heavy (non-hydrogen) atoms. The van der Waals surface area contributed by atoms with Gasteiger partial charge >= 0.3 is 5.97 Å². The van der Waals surface area contributed by atoms with Gasteiger partial charge in [-0.25, -0.2) is 4.79 Å². The standard InChI is InChI=1S/C12H17NO4/c14-11(8-6-7-3-4-10(8)17-7)13-5-1-2-9(13)12(15)16/h7-10H,1-6H2,(H,15,16). The first-order valence-corrected chi connectivity index (χ1v) is 6.35. The Labute approximate surface area is 99.7 Å². The summed E-state index contributed by atoms with van der Waals surface area (Å²) in [4.78, 5) is 25.0. The van der Waals surface area contributed by atoms with Gasteiger partial charge in [0.15, 0.2) is 0 Å². The van der Waals surface area contributed by atoms with Crippen LogP contribution in [0.5, 0.6) is 0 Å². The van der Waals surface area contributed by atoms with Crippen LogP contribution in [0.3, 0.4) is 0 Å². The molecular formula is C12H17NO4. The van der Waals surface area contributed by atoms with Crippen molar-refractivity contribution in [2.45, 2.75) is 50.4 Å².